The first-order chi connectivity index (χ1) is 12.6. The van der Waals surface area contributed by atoms with E-state index in [9.17, 15) is 15.4 Å². The summed E-state index contributed by atoms with van der Waals surface area (Å²) in [6.45, 7) is 5.24. The van der Waals surface area contributed by atoms with Crippen molar-refractivity contribution in [3.63, 3.8) is 0 Å². The van der Waals surface area contributed by atoms with Crippen molar-refractivity contribution in [1.82, 2.24) is 0 Å². The molecule has 26 heavy (non-hydrogen) atoms. The number of nitro benzene ring substituents is 1. The van der Waals surface area contributed by atoms with Crippen molar-refractivity contribution in [3.05, 3.63) is 69.3 Å². The van der Waals surface area contributed by atoms with Crippen LogP contribution in [0.3, 0.4) is 0 Å². The van der Waals surface area contributed by atoms with E-state index in [1.165, 1.54) is 17.8 Å². The summed E-state index contributed by atoms with van der Waals surface area (Å²) in [7, 11) is 0. The van der Waals surface area contributed by atoms with Gasteiger partial charge in [0, 0.05) is 30.9 Å². The van der Waals surface area contributed by atoms with Gasteiger partial charge < -0.3 is 9.64 Å². The van der Waals surface area contributed by atoms with E-state index in [1.54, 1.807) is 18.2 Å². The molecule has 3 rings (SSSR count). The minimum atomic E-state index is -0.459. The zero-order valence-electron chi connectivity index (χ0n) is 14.5. The number of hydrogen-bond donors (Lipinski definition) is 0. The normalized spacial score (nSPS) is 14.8. The van der Waals surface area contributed by atoms with E-state index in [1.807, 2.05) is 19.1 Å². The number of anilines is 1. The molecule has 0 spiro atoms. The van der Waals surface area contributed by atoms with Crippen molar-refractivity contribution in [3.8, 4) is 6.07 Å². The topological polar surface area (TPSA) is 79.4 Å². The van der Waals surface area contributed by atoms with Crippen molar-refractivity contribution >= 4 is 23.0 Å². The van der Waals surface area contributed by atoms with E-state index in [0.29, 0.717) is 11.1 Å². The Labute approximate surface area is 152 Å². The van der Waals surface area contributed by atoms with Crippen molar-refractivity contribution < 1.29 is 9.66 Å². The first-order valence-corrected chi connectivity index (χ1v) is 8.38. The van der Waals surface area contributed by atoms with Crippen LogP contribution >= 0.6 is 0 Å². The Bertz CT molecular complexity index is 893. The molecule has 6 nitrogen and oxygen atoms in total. The molecule has 2 aromatic carbocycles. The van der Waals surface area contributed by atoms with Gasteiger partial charge in [0.25, 0.3) is 5.69 Å². The molecule has 0 bridgehead atoms. The van der Waals surface area contributed by atoms with E-state index in [2.05, 4.69) is 17.0 Å². The predicted octanol–water partition coefficient (Wildman–Crippen LogP) is 3.80. The SMILES string of the molecule is Cc1cc(/C=C(/C#N)c2cccc([N+](=O)[O-])c2)ccc1N1CCOCC1. The smallest absolute Gasteiger partial charge is 0.270 e. The molecule has 1 fully saturated rings. The van der Waals surface area contributed by atoms with Crippen LogP contribution in [0.5, 0.6) is 0 Å². The number of nitriles is 1. The van der Waals surface area contributed by atoms with Gasteiger partial charge in [0.2, 0.25) is 0 Å². The molecule has 0 atom stereocenters. The van der Waals surface area contributed by atoms with Crippen LogP contribution in [0.25, 0.3) is 11.6 Å². The molecule has 132 valence electrons. The number of ether oxygens (including phenoxy) is 1. The second kappa shape index (κ2) is 7.81. The lowest BCUT2D eigenvalue weighted by Gasteiger charge is -2.30. The summed E-state index contributed by atoms with van der Waals surface area (Å²) >= 11 is 0. The molecule has 1 heterocycles. The zero-order valence-corrected chi connectivity index (χ0v) is 14.5. The van der Waals surface area contributed by atoms with Crippen molar-refractivity contribution in [2.24, 2.45) is 0 Å². The fraction of sp³-hybridized carbons (Fsp3) is 0.250. The molecule has 0 amide bonds. The van der Waals surface area contributed by atoms with Crippen molar-refractivity contribution in [1.29, 1.82) is 5.26 Å². The molecule has 0 N–H and O–H groups in total. The zero-order chi connectivity index (χ0) is 18.5. The maximum absolute atomic E-state index is 10.9. The highest BCUT2D eigenvalue weighted by atomic mass is 16.6. The lowest BCUT2D eigenvalue weighted by Crippen LogP contribution is -2.36. The number of non-ortho nitro benzene ring substituents is 1. The maximum atomic E-state index is 10.9. The van der Waals surface area contributed by atoms with Gasteiger partial charge in [0.15, 0.2) is 0 Å². The third kappa shape index (κ3) is 3.90. The molecule has 0 aliphatic carbocycles. The number of morpholine rings is 1. The Balaban J connectivity index is 1.90. The number of benzene rings is 2. The molecule has 1 aliphatic heterocycles. The lowest BCUT2D eigenvalue weighted by atomic mass is 10.0. The third-order valence-corrected chi connectivity index (χ3v) is 4.37. The minimum Gasteiger partial charge on any atom is -0.378 e. The van der Waals surface area contributed by atoms with Crippen molar-refractivity contribution in [2.45, 2.75) is 6.92 Å². The minimum absolute atomic E-state index is 0.0255. The van der Waals surface area contributed by atoms with Gasteiger partial charge in [0.05, 0.1) is 29.8 Å². The van der Waals surface area contributed by atoms with Gasteiger partial charge in [-0.1, -0.05) is 18.2 Å². The number of nitrogens with zero attached hydrogens (tertiary/aromatic N) is 3. The van der Waals surface area contributed by atoms with Crippen LogP contribution in [-0.2, 0) is 4.74 Å². The summed E-state index contributed by atoms with van der Waals surface area (Å²) in [6, 6.07) is 14.3. The largest absolute Gasteiger partial charge is 0.378 e. The summed E-state index contributed by atoms with van der Waals surface area (Å²) in [6.07, 6.45) is 1.76. The maximum Gasteiger partial charge on any atom is 0.270 e. The highest BCUT2D eigenvalue weighted by Gasteiger charge is 2.14. The second-order valence-corrected chi connectivity index (χ2v) is 6.12. The first kappa shape index (κ1) is 17.6. The average molecular weight is 349 g/mol. The summed E-state index contributed by atoms with van der Waals surface area (Å²) < 4.78 is 5.39. The van der Waals surface area contributed by atoms with E-state index in [-0.39, 0.29) is 5.69 Å². The van der Waals surface area contributed by atoms with Crippen LogP contribution in [-0.4, -0.2) is 31.2 Å². The summed E-state index contributed by atoms with van der Waals surface area (Å²) in [5.74, 6) is 0. The van der Waals surface area contributed by atoms with Crippen LogP contribution in [0.1, 0.15) is 16.7 Å². The molecule has 0 saturated carbocycles. The third-order valence-electron chi connectivity index (χ3n) is 4.37. The number of hydrogen-bond acceptors (Lipinski definition) is 5. The molecule has 0 unspecified atom stereocenters. The van der Waals surface area contributed by atoms with Gasteiger partial charge in [-0.3, -0.25) is 10.1 Å². The molecule has 1 aliphatic rings. The Kier molecular flexibility index (Phi) is 5.30. The van der Waals surface area contributed by atoms with Crippen LogP contribution < -0.4 is 4.90 Å². The lowest BCUT2D eigenvalue weighted by molar-refractivity contribution is -0.384. The molecule has 2 aromatic rings. The first-order valence-electron chi connectivity index (χ1n) is 8.38. The number of rotatable bonds is 4. The highest BCUT2D eigenvalue weighted by Crippen LogP contribution is 2.26. The Hall–Kier alpha value is -3.17. The van der Waals surface area contributed by atoms with E-state index in [4.69, 9.17) is 4.74 Å². The summed E-state index contributed by atoms with van der Waals surface area (Å²) in [4.78, 5) is 12.8. The van der Waals surface area contributed by atoms with Gasteiger partial charge >= 0.3 is 0 Å². The molecule has 0 radical (unpaired) electrons. The fourth-order valence-electron chi connectivity index (χ4n) is 3.06. The predicted molar refractivity (Wildman–Crippen MR) is 101 cm³/mol. The van der Waals surface area contributed by atoms with Gasteiger partial charge in [-0.25, -0.2) is 0 Å². The number of aryl methyl sites for hydroxylation is 1. The monoisotopic (exact) mass is 349 g/mol. The molecule has 0 aromatic heterocycles. The van der Waals surface area contributed by atoms with Gasteiger partial charge in [-0.05, 0) is 41.8 Å². The second-order valence-electron chi connectivity index (χ2n) is 6.12. The summed E-state index contributed by atoms with van der Waals surface area (Å²) in [5, 5.41) is 20.4. The van der Waals surface area contributed by atoms with Gasteiger partial charge in [-0.2, -0.15) is 5.26 Å². The van der Waals surface area contributed by atoms with E-state index < -0.39 is 4.92 Å². The van der Waals surface area contributed by atoms with E-state index in [0.717, 1.165) is 37.4 Å². The molecular formula is C20H19N3O3. The standard InChI is InChI=1S/C20H19N3O3/c1-15-11-16(5-6-20(15)22-7-9-26-10-8-22)12-18(14-21)17-3-2-4-19(13-17)23(24)25/h2-6,11-13H,7-10H2,1H3/b18-12-. The van der Waals surface area contributed by atoms with Crippen LogP contribution in [0.4, 0.5) is 11.4 Å². The van der Waals surface area contributed by atoms with Crippen molar-refractivity contribution in [2.75, 3.05) is 31.2 Å². The van der Waals surface area contributed by atoms with Crippen LogP contribution in [0, 0.1) is 28.4 Å². The van der Waals surface area contributed by atoms with Crippen LogP contribution in [0.15, 0.2) is 42.5 Å². The van der Waals surface area contributed by atoms with Crippen LogP contribution in [0.2, 0.25) is 0 Å². The summed E-state index contributed by atoms with van der Waals surface area (Å²) in [5.41, 5.74) is 4.09. The number of allylic oxidation sites excluding steroid dienone is 1. The average Bonchev–Trinajstić information content (AvgIpc) is 2.67. The van der Waals surface area contributed by atoms with Gasteiger partial charge in [-0.15, -0.1) is 0 Å². The molecule has 6 heteroatoms. The van der Waals surface area contributed by atoms with E-state index >= 15 is 0 Å². The Morgan fingerprint density at radius 2 is 2.04 bits per heavy atom. The quantitative estimate of drug-likeness (QED) is 0.363. The fourth-order valence-corrected chi connectivity index (χ4v) is 3.06. The highest BCUT2D eigenvalue weighted by molar-refractivity contribution is 5.90. The number of nitro groups is 1. The van der Waals surface area contributed by atoms with Gasteiger partial charge in [0.1, 0.15) is 0 Å². The Morgan fingerprint density at radius 1 is 1.27 bits per heavy atom. The molecular weight excluding hydrogens is 330 g/mol. The molecule has 1 saturated heterocycles. The Morgan fingerprint density at radius 3 is 2.69 bits per heavy atom.